The number of aliphatic imine (C=N–C) groups is 1. The predicted molar refractivity (Wildman–Crippen MR) is 92.6 cm³/mol. The van der Waals surface area contributed by atoms with Crippen LogP contribution in [0.25, 0.3) is 0 Å². The minimum Gasteiger partial charge on any atom is -0.381 e. The Morgan fingerprint density at radius 3 is 2.74 bits per heavy atom. The van der Waals surface area contributed by atoms with Gasteiger partial charge in [0.15, 0.2) is 5.96 Å². The van der Waals surface area contributed by atoms with Gasteiger partial charge in [0, 0.05) is 45.1 Å². The van der Waals surface area contributed by atoms with Crippen LogP contribution >= 0.6 is 0 Å². The first kappa shape index (κ1) is 18.0. The normalized spacial score (nSPS) is 22.3. The van der Waals surface area contributed by atoms with Crippen molar-refractivity contribution in [2.24, 2.45) is 10.9 Å². The van der Waals surface area contributed by atoms with Gasteiger partial charge in [-0.1, -0.05) is 12.8 Å². The zero-order chi connectivity index (χ0) is 16.5. The number of guanidine groups is 1. The van der Waals surface area contributed by atoms with Gasteiger partial charge in [0.05, 0.1) is 13.2 Å². The molecule has 0 aromatic rings. The molecule has 6 nitrogen and oxygen atoms in total. The molecular weight excluding hydrogens is 292 g/mol. The Kier molecular flexibility index (Phi) is 7.65. The van der Waals surface area contributed by atoms with Crippen LogP contribution in [0.15, 0.2) is 4.99 Å². The number of hydrogen-bond acceptors (Lipinski definition) is 3. The van der Waals surface area contributed by atoms with Crippen molar-refractivity contribution in [3.63, 3.8) is 0 Å². The number of hydrogen-bond donors (Lipinski definition) is 2. The maximum absolute atomic E-state index is 12.0. The van der Waals surface area contributed by atoms with Crippen molar-refractivity contribution in [1.29, 1.82) is 0 Å². The predicted octanol–water partition coefficient (Wildman–Crippen LogP) is 1.37. The largest absolute Gasteiger partial charge is 0.381 e. The number of amides is 1. The summed E-state index contributed by atoms with van der Waals surface area (Å²) in [5.74, 6) is 1.59. The third-order valence-electron chi connectivity index (χ3n) is 4.57. The quantitative estimate of drug-likeness (QED) is 0.548. The van der Waals surface area contributed by atoms with E-state index < -0.39 is 0 Å². The maximum atomic E-state index is 12.0. The topological polar surface area (TPSA) is 66.0 Å². The molecular formula is C17H32N4O2. The molecule has 0 bridgehead atoms. The van der Waals surface area contributed by atoms with E-state index in [1.807, 2.05) is 0 Å². The third-order valence-corrected chi connectivity index (χ3v) is 4.57. The van der Waals surface area contributed by atoms with E-state index in [0.29, 0.717) is 24.9 Å². The fourth-order valence-corrected chi connectivity index (χ4v) is 3.30. The highest BCUT2D eigenvalue weighted by Gasteiger charge is 2.19. The molecule has 1 amide bonds. The van der Waals surface area contributed by atoms with Crippen LogP contribution in [0.4, 0.5) is 0 Å². The average Bonchev–Trinajstić information content (AvgIpc) is 3.20. The van der Waals surface area contributed by atoms with Crippen LogP contribution in [0.5, 0.6) is 0 Å². The van der Waals surface area contributed by atoms with Crippen molar-refractivity contribution in [1.82, 2.24) is 15.5 Å². The Labute approximate surface area is 140 Å². The second-order valence-corrected chi connectivity index (χ2v) is 6.64. The Morgan fingerprint density at radius 1 is 1.30 bits per heavy atom. The summed E-state index contributed by atoms with van der Waals surface area (Å²) in [5, 5.41) is 6.42. The van der Waals surface area contributed by atoms with Crippen molar-refractivity contribution in [2.45, 2.75) is 51.5 Å². The number of carbonyl (C=O) groups is 1. The van der Waals surface area contributed by atoms with E-state index in [1.165, 1.54) is 12.8 Å². The van der Waals surface area contributed by atoms with Crippen LogP contribution in [0.2, 0.25) is 0 Å². The van der Waals surface area contributed by atoms with Gasteiger partial charge in [0.1, 0.15) is 0 Å². The Morgan fingerprint density at radius 2 is 2.09 bits per heavy atom. The summed E-state index contributed by atoms with van der Waals surface area (Å²) in [6, 6.07) is 0.393. The first-order valence-electron chi connectivity index (χ1n) is 9.05. The molecule has 1 aliphatic carbocycles. The van der Waals surface area contributed by atoms with E-state index in [9.17, 15) is 4.79 Å². The Hall–Kier alpha value is -1.30. The van der Waals surface area contributed by atoms with Gasteiger partial charge in [-0.25, -0.2) is 0 Å². The van der Waals surface area contributed by atoms with E-state index in [2.05, 4.69) is 34.5 Å². The molecule has 0 spiro atoms. The molecule has 2 N–H and O–H groups in total. The minimum atomic E-state index is 0.128. The maximum Gasteiger partial charge on any atom is 0.222 e. The van der Waals surface area contributed by atoms with Crippen LogP contribution in [0.1, 0.15) is 45.4 Å². The summed E-state index contributed by atoms with van der Waals surface area (Å²) in [4.78, 5) is 18.7. The van der Waals surface area contributed by atoms with Crippen molar-refractivity contribution in [3.05, 3.63) is 0 Å². The van der Waals surface area contributed by atoms with Gasteiger partial charge in [0.2, 0.25) is 5.91 Å². The molecule has 2 rings (SSSR count). The monoisotopic (exact) mass is 324 g/mol. The first-order valence-corrected chi connectivity index (χ1v) is 9.05. The fraction of sp³-hybridized carbons (Fsp3) is 0.882. The van der Waals surface area contributed by atoms with Crippen LogP contribution < -0.4 is 10.6 Å². The highest BCUT2D eigenvalue weighted by Crippen LogP contribution is 2.17. The molecule has 23 heavy (non-hydrogen) atoms. The van der Waals surface area contributed by atoms with Crippen LogP contribution in [0, 0.1) is 5.92 Å². The van der Waals surface area contributed by atoms with E-state index >= 15 is 0 Å². The molecule has 0 radical (unpaired) electrons. The second-order valence-electron chi connectivity index (χ2n) is 6.64. The lowest BCUT2D eigenvalue weighted by Crippen LogP contribution is -2.41. The van der Waals surface area contributed by atoms with E-state index in [4.69, 9.17) is 4.74 Å². The minimum absolute atomic E-state index is 0.128. The van der Waals surface area contributed by atoms with E-state index in [0.717, 1.165) is 51.5 Å². The first-order chi connectivity index (χ1) is 11.2. The van der Waals surface area contributed by atoms with Crippen LogP contribution in [0.3, 0.4) is 0 Å². The highest BCUT2D eigenvalue weighted by molar-refractivity contribution is 5.80. The van der Waals surface area contributed by atoms with Gasteiger partial charge in [-0.3, -0.25) is 9.79 Å². The average molecular weight is 324 g/mol. The van der Waals surface area contributed by atoms with Crippen LogP contribution in [-0.2, 0) is 9.53 Å². The lowest BCUT2D eigenvalue weighted by Gasteiger charge is -2.24. The number of carbonyl (C=O) groups excluding carboxylic acids is 1. The summed E-state index contributed by atoms with van der Waals surface area (Å²) in [7, 11) is 2.05. The third kappa shape index (κ3) is 6.37. The molecule has 132 valence electrons. The SMILES string of the molecule is CCNC(=NCCC(=O)NC1CCCC1)N(C)CC1CCOC1. The second kappa shape index (κ2) is 9.75. The molecule has 0 aromatic heterocycles. The summed E-state index contributed by atoms with van der Waals surface area (Å²) < 4.78 is 5.43. The molecule has 1 saturated heterocycles. The van der Waals surface area contributed by atoms with Gasteiger partial charge in [-0.05, 0) is 26.2 Å². The van der Waals surface area contributed by atoms with Crippen molar-refractivity contribution >= 4 is 11.9 Å². The van der Waals surface area contributed by atoms with Gasteiger partial charge < -0.3 is 20.3 Å². The lowest BCUT2D eigenvalue weighted by molar-refractivity contribution is -0.121. The van der Waals surface area contributed by atoms with Gasteiger partial charge in [-0.2, -0.15) is 0 Å². The molecule has 6 heteroatoms. The molecule has 2 fully saturated rings. The lowest BCUT2D eigenvalue weighted by atomic mass is 10.1. The van der Waals surface area contributed by atoms with Gasteiger partial charge in [-0.15, -0.1) is 0 Å². The van der Waals surface area contributed by atoms with E-state index in [-0.39, 0.29) is 5.91 Å². The number of ether oxygens (including phenoxy) is 1. The number of nitrogens with zero attached hydrogens (tertiary/aromatic N) is 2. The van der Waals surface area contributed by atoms with E-state index in [1.54, 1.807) is 0 Å². The van der Waals surface area contributed by atoms with Crippen molar-refractivity contribution < 1.29 is 9.53 Å². The summed E-state index contributed by atoms with van der Waals surface area (Å²) in [6.45, 7) is 6.08. The Bertz CT molecular complexity index is 388. The molecule has 1 unspecified atom stereocenters. The molecule has 0 aromatic carbocycles. The van der Waals surface area contributed by atoms with Gasteiger partial charge >= 0.3 is 0 Å². The molecule has 2 aliphatic rings. The van der Waals surface area contributed by atoms with Crippen molar-refractivity contribution in [3.8, 4) is 0 Å². The van der Waals surface area contributed by atoms with Crippen molar-refractivity contribution in [2.75, 3.05) is 39.9 Å². The summed E-state index contributed by atoms with van der Waals surface area (Å²) in [5.41, 5.74) is 0. The molecule has 1 heterocycles. The zero-order valence-electron chi connectivity index (χ0n) is 14.6. The van der Waals surface area contributed by atoms with Gasteiger partial charge in [0.25, 0.3) is 0 Å². The van der Waals surface area contributed by atoms with Crippen LogP contribution in [-0.4, -0.2) is 62.7 Å². The highest BCUT2D eigenvalue weighted by atomic mass is 16.5. The Balaban J connectivity index is 1.74. The zero-order valence-corrected chi connectivity index (χ0v) is 14.6. The standard InChI is InChI=1S/C17H32N4O2/c1-3-18-17(21(2)12-14-9-11-23-13-14)19-10-8-16(22)20-15-6-4-5-7-15/h14-15H,3-13H2,1-2H3,(H,18,19)(H,20,22). The fourth-order valence-electron chi connectivity index (χ4n) is 3.30. The summed E-state index contributed by atoms with van der Waals surface area (Å²) in [6.07, 6.45) is 6.32. The molecule has 1 aliphatic heterocycles. The summed E-state index contributed by atoms with van der Waals surface area (Å²) >= 11 is 0. The number of nitrogens with one attached hydrogen (secondary N) is 2. The number of rotatable bonds is 7. The molecule has 1 atom stereocenters. The smallest absolute Gasteiger partial charge is 0.222 e. The molecule has 1 saturated carbocycles.